The Hall–Kier alpha value is -0.570. The van der Waals surface area contributed by atoms with Crippen molar-refractivity contribution < 1.29 is 4.74 Å². The van der Waals surface area contributed by atoms with Crippen LogP contribution < -0.4 is 5.32 Å². The van der Waals surface area contributed by atoms with Gasteiger partial charge in [-0.15, -0.1) is 0 Å². The zero-order valence-electron chi connectivity index (χ0n) is 10.7. The van der Waals surface area contributed by atoms with Gasteiger partial charge in [-0.05, 0) is 44.4 Å². The predicted octanol–water partition coefficient (Wildman–Crippen LogP) is 2.96. The predicted molar refractivity (Wildman–Crippen MR) is 71.7 cm³/mol. The molecule has 1 aliphatic heterocycles. The van der Waals surface area contributed by atoms with Gasteiger partial charge in [-0.3, -0.25) is 0 Å². The van der Waals surface area contributed by atoms with Crippen molar-refractivity contribution in [2.45, 2.75) is 38.8 Å². The van der Waals surface area contributed by atoms with Crippen LogP contribution in [0.15, 0.2) is 18.2 Å². The molecule has 0 spiro atoms. The highest BCUT2D eigenvalue weighted by Gasteiger charge is 2.27. The number of hydrogen-bond donors (Lipinski definition) is 1. The molecule has 1 fully saturated rings. The fourth-order valence-electron chi connectivity index (χ4n) is 2.34. The molecule has 1 saturated heterocycles. The molecule has 1 aromatic rings. The molecule has 0 aromatic heterocycles. The third kappa shape index (κ3) is 3.21. The highest BCUT2D eigenvalue weighted by Crippen LogP contribution is 2.21. The van der Waals surface area contributed by atoms with E-state index < -0.39 is 0 Å². The Labute approximate surface area is 108 Å². The number of ether oxygens (including phenoxy) is 1. The van der Waals surface area contributed by atoms with Crippen molar-refractivity contribution in [1.82, 2.24) is 5.32 Å². The highest BCUT2D eigenvalue weighted by molar-refractivity contribution is 6.31. The summed E-state index contributed by atoms with van der Waals surface area (Å²) in [6.45, 7) is 7.97. The minimum atomic E-state index is 0.0649. The smallest absolute Gasteiger partial charge is 0.0643 e. The highest BCUT2D eigenvalue weighted by atomic mass is 35.5. The molecule has 0 amide bonds. The van der Waals surface area contributed by atoms with Crippen molar-refractivity contribution in [3.05, 3.63) is 34.3 Å². The summed E-state index contributed by atoms with van der Waals surface area (Å²) in [6, 6.07) is 6.47. The lowest BCUT2D eigenvalue weighted by Gasteiger charge is -2.37. The van der Waals surface area contributed by atoms with E-state index in [1.54, 1.807) is 0 Å². The van der Waals surface area contributed by atoms with Gasteiger partial charge in [0, 0.05) is 16.6 Å². The first kappa shape index (κ1) is 12.9. The maximum Gasteiger partial charge on any atom is 0.0643 e. The topological polar surface area (TPSA) is 21.3 Å². The number of morpholine rings is 1. The van der Waals surface area contributed by atoms with E-state index in [1.165, 1.54) is 11.1 Å². The van der Waals surface area contributed by atoms with Crippen molar-refractivity contribution in [2.24, 2.45) is 0 Å². The maximum absolute atomic E-state index is 6.14. The van der Waals surface area contributed by atoms with Gasteiger partial charge in [-0.25, -0.2) is 0 Å². The Kier molecular flexibility index (Phi) is 3.76. The van der Waals surface area contributed by atoms with Crippen molar-refractivity contribution >= 4 is 11.6 Å². The van der Waals surface area contributed by atoms with Crippen molar-refractivity contribution in [2.75, 3.05) is 13.2 Å². The molecule has 2 nitrogen and oxygen atoms in total. The Morgan fingerprint density at radius 1 is 1.47 bits per heavy atom. The van der Waals surface area contributed by atoms with Gasteiger partial charge < -0.3 is 10.1 Å². The average molecular weight is 254 g/mol. The number of hydrogen-bond acceptors (Lipinski definition) is 2. The minimum Gasteiger partial charge on any atom is -0.378 e. The molecule has 0 aliphatic carbocycles. The molecule has 94 valence electrons. The number of halogens is 1. The Morgan fingerprint density at radius 2 is 2.24 bits per heavy atom. The van der Waals surface area contributed by atoms with Gasteiger partial charge in [0.15, 0.2) is 0 Å². The van der Waals surface area contributed by atoms with E-state index >= 15 is 0 Å². The van der Waals surface area contributed by atoms with Crippen LogP contribution in [0.1, 0.15) is 25.0 Å². The molecule has 2 rings (SSSR count). The molecule has 0 radical (unpaired) electrons. The van der Waals surface area contributed by atoms with Crippen molar-refractivity contribution in [1.29, 1.82) is 0 Å². The standard InChI is InChI=1S/C14H20ClNO/c1-10-11(5-4-6-13(10)15)7-12-8-17-9-14(2,3)16-12/h4-6,12,16H,7-9H2,1-3H3. The quantitative estimate of drug-likeness (QED) is 0.875. The summed E-state index contributed by atoms with van der Waals surface area (Å²) in [5, 5.41) is 4.47. The van der Waals surface area contributed by atoms with Crippen LogP contribution in [0.2, 0.25) is 5.02 Å². The van der Waals surface area contributed by atoms with Gasteiger partial charge in [0.05, 0.1) is 13.2 Å². The zero-order valence-corrected chi connectivity index (χ0v) is 11.5. The second kappa shape index (κ2) is 4.97. The van der Waals surface area contributed by atoms with Crippen molar-refractivity contribution in [3.63, 3.8) is 0 Å². The largest absolute Gasteiger partial charge is 0.378 e. The zero-order chi connectivity index (χ0) is 12.5. The molecule has 1 unspecified atom stereocenters. The first-order valence-corrected chi connectivity index (χ1v) is 6.45. The Morgan fingerprint density at radius 3 is 2.94 bits per heavy atom. The third-order valence-corrected chi connectivity index (χ3v) is 3.63. The number of nitrogens with one attached hydrogen (secondary N) is 1. The van der Waals surface area contributed by atoms with E-state index in [0.29, 0.717) is 6.04 Å². The first-order chi connectivity index (χ1) is 7.98. The summed E-state index contributed by atoms with van der Waals surface area (Å²) >= 11 is 6.14. The van der Waals surface area contributed by atoms with Crippen LogP contribution in [0.5, 0.6) is 0 Å². The maximum atomic E-state index is 6.14. The van der Waals surface area contributed by atoms with Gasteiger partial charge in [0.2, 0.25) is 0 Å². The van der Waals surface area contributed by atoms with E-state index in [0.717, 1.165) is 24.7 Å². The molecule has 17 heavy (non-hydrogen) atoms. The molecule has 3 heteroatoms. The molecule has 1 aliphatic rings. The molecule has 1 aromatic carbocycles. The van der Waals surface area contributed by atoms with E-state index in [-0.39, 0.29) is 5.54 Å². The van der Waals surface area contributed by atoms with Gasteiger partial charge in [-0.2, -0.15) is 0 Å². The summed E-state index contributed by atoms with van der Waals surface area (Å²) in [4.78, 5) is 0. The van der Waals surface area contributed by atoms with Gasteiger partial charge >= 0.3 is 0 Å². The van der Waals surface area contributed by atoms with Crippen LogP contribution >= 0.6 is 11.6 Å². The van der Waals surface area contributed by atoms with Gasteiger partial charge in [0.1, 0.15) is 0 Å². The summed E-state index contributed by atoms with van der Waals surface area (Å²) in [5.41, 5.74) is 2.55. The molecular formula is C14H20ClNO. The average Bonchev–Trinajstić information content (AvgIpc) is 2.23. The van der Waals surface area contributed by atoms with Crippen LogP contribution in [0.3, 0.4) is 0 Å². The number of rotatable bonds is 2. The second-order valence-corrected chi connectivity index (χ2v) is 5.88. The van der Waals surface area contributed by atoms with Crippen LogP contribution in [-0.4, -0.2) is 24.8 Å². The Bertz CT molecular complexity index is 403. The summed E-state index contributed by atoms with van der Waals surface area (Å²) in [6.07, 6.45) is 0.968. The van der Waals surface area contributed by atoms with Gasteiger partial charge in [-0.1, -0.05) is 23.7 Å². The third-order valence-electron chi connectivity index (χ3n) is 3.22. The van der Waals surface area contributed by atoms with Crippen LogP contribution in [0, 0.1) is 6.92 Å². The lowest BCUT2D eigenvalue weighted by atomic mass is 9.97. The van der Waals surface area contributed by atoms with E-state index in [4.69, 9.17) is 16.3 Å². The second-order valence-electron chi connectivity index (χ2n) is 5.47. The SMILES string of the molecule is Cc1c(Cl)cccc1CC1COCC(C)(C)N1. The number of benzene rings is 1. The normalized spacial score (nSPS) is 23.6. The van der Waals surface area contributed by atoms with E-state index in [1.807, 2.05) is 12.1 Å². The molecule has 0 saturated carbocycles. The summed E-state index contributed by atoms with van der Waals surface area (Å²) in [7, 11) is 0. The molecule has 1 atom stereocenters. The summed E-state index contributed by atoms with van der Waals surface area (Å²) in [5.74, 6) is 0. The van der Waals surface area contributed by atoms with Crippen LogP contribution in [0.4, 0.5) is 0 Å². The molecule has 1 heterocycles. The lowest BCUT2D eigenvalue weighted by Crippen LogP contribution is -2.56. The van der Waals surface area contributed by atoms with Crippen LogP contribution in [0.25, 0.3) is 0 Å². The van der Waals surface area contributed by atoms with Gasteiger partial charge in [0.25, 0.3) is 0 Å². The van der Waals surface area contributed by atoms with E-state index in [2.05, 4.69) is 32.2 Å². The fraction of sp³-hybridized carbons (Fsp3) is 0.571. The lowest BCUT2D eigenvalue weighted by molar-refractivity contribution is 0.0135. The summed E-state index contributed by atoms with van der Waals surface area (Å²) < 4.78 is 5.64. The van der Waals surface area contributed by atoms with E-state index in [9.17, 15) is 0 Å². The van der Waals surface area contributed by atoms with Crippen LogP contribution in [-0.2, 0) is 11.2 Å². The monoisotopic (exact) mass is 253 g/mol. The van der Waals surface area contributed by atoms with Crippen molar-refractivity contribution in [3.8, 4) is 0 Å². The minimum absolute atomic E-state index is 0.0649. The molecule has 1 N–H and O–H groups in total. The Balaban J connectivity index is 2.08. The first-order valence-electron chi connectivity index (χ1n) is 6.07. The fourth-order valence-corrected chi connectivity index (χ4v) is 2.54. The molecular weight excluding hydrogens is 234 g/mol. The molecule has 0 bridgehead atoms.